The summed E-state index contributed by atoms with van der Waals surface area (Å²) in [6.07, 6.45) is 4.38. The van der Waals surface area contributed by atoms with Crippen LogP contribution >= 0.6 is 11.6 Å². The van der Waals surface area contributed by atoms with E-state index < -0.39 is 4.92 Å². The first-order valence-electron chi connectivity index (χ1n) is 7.34. The number of hydrogen-bond acceptors (Lipinski definition) is 5. The number of nitrogens with one attached hydrogen (secondary N) is 1. The van der Waals surface area contributed by atoms with Crippen molar-refractivity contribution in [3.63, 3.8) is 0 Å². The average Bonchev–Trinajstić information content (AvgIpc) is 2.74. The van der Waals surface area contributed by atoms with Gasteiger partial charge in [0.1, 0.15) is 5.82 Å². The van der Waals surface area contributed by atoms with Gasteiger partial charge in [0.15, 0.2) is 0 Å². The molecule has 0 aliphatic heterocycles. The molecule has 0 spiro atoms. The van der Waals surface area contributed by atoms with Crippen molar-refractivity contribution in [3.8, 4) is 0 Å². The maximum atomic E-state index is 11.0. The van der Waals surface area contributed by atoms with Crippen LogP contribution in [0.4, 0.5) is 11.5 Å². The summed E-state index contributed by atoms with van der Waals surface area (Å²) in [6.45, 7) is 8.09. The van der Waals surface area contributed by atoms with Crippen LogP contribution in [0.1, 0.15) is 52.3 Å². The normalized spacial score (nSPS) is 20.6. The topological polar surface area (TPSA) is 81.0 Å². The van der Waals surface area contributed by atoms with Gasteiger partial charge in [0.2, 0.25) is 11.0 Å². The van der Waals surface area contributed by atoms with Gasteiger partial charge in [0.25, 0.3) is 0 Å². The van der Waals surface area contributed by atoms with Gasteiger partial charge in [-0.3, -0.25) is 10.1 Å². The van der Waals surface area contributed by atoms with Crippen LogP contribution in [0, 0.1) is 23.0 Å². The summed E-state index contributed by atoms with van der Waals surface area (Å²) in [5.41, 5.74) is -0.234. The number of halogens is 1. The molecule has 2 unspecified atom stereocenters. The molecule has 6 nitrogen and oxygen atoms in total. The third-order valence-electron chi connectivity index (χ3n) is 3.17. The van der Waals surface area contributed by atoms with Crippen LogP contribution in [0.15, 0.2) is 0 Å². The SMILES string of the molecule is CCC.Cc1nc(Cl)c([N+](=O)[O-])c(NC2CCC(C)C2)n1. The molecular formula is C14H23ClN4O2. The molecule has 21 heavy (non-hydrogen) atoms. The van der Waals surface area contributed by atoms with Gasteiger partial charge in [-0.2, -0.15) is 0 Å². The Bertz CT molecular complexity index is 496. The zero-order chi connectivity index (χ0) is 16.0. The highest BCUT2D eigenvalue weighted by atomic mass is 35.5. The molecule has 0 aromatic carbocycles. The molecule has 1 aromatic heterocycles. The lowest BCUT2D eigenvalue weighted by Gasteiger charge is -2.13. The molecule has 1 saturated carbocycles. The van der Waals surface area contributed by atoms with Gasteiger partial charge in [0, 0.05) is 6.04 Å². The third-order valence-corrected chi connectivity index (χ3v) is 3.44. The molecule has 1 fully saturated rings. The van der Waals surface area contributed by atoms with E-state index in [1.54, 1.807) is 6.92 Å². The minimum atomic E-state index is -0.539. The van der Waals surface area contributed by atoms with E-state index in [1.807, 2.05) is 0 Å². The van der Waals surface area contributed by atoms with Crippen molar-refractivity contribution in [3.05, 3.63) is 21.1 Å². The predicted molar refractivity (Wildman–Crippen MR) is 84.8 cm³/mol. The second kappa shape index (κ2) is 8.12. The molecule has 2 atom stereocenters. The van der Waals surface area contributed by atoms with E-state index in [0.29, 0.717) is 11.7 Å². The minimum absolute atomic E-state index is 0.110. The largest absolute Gasteiger partial charge is 0.361 e. The minimum Gasteiger partial charge on any atom is -0.361 e. The Hall–Kier alpha value is -1.43. The van der Waals surface area contributed by atoms with Crippen LogP contribution in [-0.4, -0.2) is 20.9 Å². The van der Waals surface area contributed by atoms with Crippen molar-refractivity contribution in [2.45, 2.75) is 59.4 Å². The molecule has 1 aromatic rings. The number of anilines is 1. The highest BCUT2D eigenvalue weighted by Crippen LogP contribution is 2.33. The van der Waals surface area contributed by atoms with Gasteiger partial charge in [0.05, 0.1) is 4.92 Å². The van der Waals surface area contributed by atoms with Crippen molar-refractivity contribution >= 4 is 23.1 Å². The number of hydrogen-bond donors (Lipinski definition) is 1. The first kappa shape index (κ1) is 17.6. The Morgan fingerprint density at radius 3 is 2.48 bits per heavy atom. The molecule has 1 heterocycles. The Kier molecular flexibility index (Phi) is 6.81. The van der Waals surface area contributed by atoms with E-state index in [0.717, 1.165) is 19.3 Å². The first-order valence-corrected chi connectivity index (χ1v) is 7.71. The number of nitrogens with zero attached hydrogens (tertiary/aromatic N) is 3. The van der Waals surface area contributed by atoms with Gasteiger partial charge in [-0.25, -0.2) is 9.97 Å². The van der Waals surface area contributed by atoms with E-state index in [2.05, 4.69) is 36.1 Å². The molecular weight excluding hydrogens is 292 g/mol. The molecule has 1 aliphatic carbocycles. The molecule has 118 valence electrons. The second-order valence-electron chi connectivity index (χ2n) is 5.48. The summed E-state index contributed by atoms with van der Waals surface area (Å²) >= 11 is 5.81. The summed E-state index contributed by atoms with van der Waals surface area (Å²) in [6, 6.07) is 0.226. The fraction of sp³-hybridized carbons (Fsp3) is 0.714. The summed E-state index contributed by atoms with van der Waals surface area (Å²) in [4.78, 5) is 18.4. The lowest BCUT2D eigenvalue weighted by Crippen LogP contribution is -2.18. The molecule has 0 radical (unpaired) electrons. The Morgan fingerprint density at radius 2 is 2.00 bits per heavy atom. The van der Waals surface area contributed by atoms with E-state index in [-0.39, 0.29) is 22.7 Å². The predicted octanol–water partition coefficient (Wildman–Crippen LogP) is 4.36. The lowest BCUT2D eigenvalue weighted by molar-refractivity contribution is -0.384. The molecule has 0 amide bonds. The molecule has 0 saturated heterocycles. The molecule has 0 bridgehead atoms. The van der Waals surface area contributed by atoms with Crippen LogP contribution < -0.4 is 5.32 Å². The van der Waals surface area contributed by atoms with E-state index >= 15 is 0 Å². The van der Waals surface area contributed by atoms with E-state index in [4.69, 9.17) is 11.6 Å². The van der Waals surface area contributed by atoms with Crippen LogP contribution in [0.25, 0.3) is 0 Å². The van der Waals surface area contributed by atoms with E-state index in [1.165, 1.54) is 6.42 Å². The maximum absolute atomic E-state index is 11.0. The molecule has 7 heteroatoms. The zero-order valence-electron chi connectivity index (χ0n) is 13.0. The van der Waals surface area contributed by atoms with Crippen molar-refractivity contribution < 1.29 is 4.92 Å². The van der Waals surface area contributed by atoms with Crippen LogP contribution in [-0.2, 0) is 0 Å². The van der Waals surface area contributed by atoms with Crippen molar-refractivity contribution in [1.29, 1.82) is 0 Å². The van der Waals surface area contributed by atoms with Crippen molar-refractivity contribution in [1.82, 2.24) is 9.97 Å². The monoisotopic (exact) mass is 314 g/mol. The number of nitro groups is 1. The third kappa shape index (κ3) is 5.12. The lowest BCUT2D eigenvalue weighted by atomic mass is 10.1. The maximum Gasteiger partial charge on any atom is 0.348 e. The summed E-state index contributed by atoms with van der Waals surface area (Å²) in [5, 5.41) is 14.0. The quantitative estimate of drug-likeness (QED) is 0.509. The summed E-state index contributed by atoms with van der Waals surface area (Å²) < 4.78 is 0. The molecule has 2 rings (SSSR count). The van der Waals surface area contributed by atoms with Crippen LogP contribution in [0.5, 0.6) is 0 Å². The van der Waals surface area contributed by atoms with Crippen LogP contribution in [0.2, 0.25) is 5.15 Å². The standard InChI is InChI=1S/C11H15ClN4O2.C3H8/c1-6-3-4-8(5-6)15-11-9(16(17)18)10(12)13-7(2)14-11;1-3-2/h6,8H,3-5H2,1-2H3,(H,13,14,15);3H2,1-2H3. The molecule has 1 aliphatic rings. The van der Waals surface area contributed by atoms with Gasteiger partial charge in [-0.1, -0.05) is 38.8 Å². The van der Waals surface area contributed by atoms with Crippen molar-refractivity contribution in [2.75, 3.05) is 5.32 Å². The Balaban J connectivity index is 0.000000677. The van der Waals surface area contributed by atoms with E-state index in [9.17, 15) is 10.1 Å². The van der Waals surface area contributed by atoms with Gasteiger partial charge in [-0.15, -0.1) is 0 Å². The summed E-state index contributed by atoms with van der Waals surface area (Å²) in [7, 11) is 0. The average molecular weight is 315 g/mol. The van der Waals surface area contributed by atoms with Crippen LogP contribution in [0.3, 0.4) is 0 Å². The Labute approximate surface area is 130 Å². The number of aryl methyl sites for hydroxylation is 1. The molecule has 1 N–H and O–H groups in total. The van der Waals surface area contributed by atoms with Gasteiger partial charge < -0.3 is 5.32 Å². The zero-order valence-corrected chi connectivity index (χ0v) is 13.8. The number of aromatic nitrogens is 2. The second-order valence-corrected chi connectivity index (χ2v) is 5.84. The Morgan fingerprint density at radius 1 is 1.38 bits per heavy atom. The smallest absolute Gasteiger partial charge is 0.348 e. The first-order chi connectivity index (χ1) is 9.88. The number of rotatable bonds is 3. The van der Waals surface area contributed by atoms with Crippen molar-refractivity contribution in [2.24, 2.45) is 5.92 Å². The fourth-order valence-corrected chi connectivity index (χ4v) is 2.61. The summed E-state index contributed by atoms with van der Waals surface area (Å²) in [5.74, 6) is 1.30. The van der Waals surface area contributed by atoms with Gasteiger partial charge in [-0.05, 0) is 32.1 Å². The van der Waals surface area contributed by atoms with Gasteiger partial charge >= 0.3 is 5.69 Å². The highest BCUT2D eigenvalue weighted by molar-refractivity contribution is 6.31. The fourth-order valence-electron chi connectivity index (χ4n) is 2.33. The highest BCUT2D eigenvalue weighted by Gasteiger charge is 2.27.